The van der Waals surface area contributed by atoms with Crippen LogP contribution < -0.4 is 10.2 Å². The van der Waals surface area contributed by atoms with E-state index in [0.717, 1.165) is 16.3 Å². The van der Waals surface area contributed by atoms with Gasteiger partial charge in [0.05, 0.1) is 36.6 Å². The number of likely N-dealkylation sites (tertiary alicyclic amines) is 1. The van der Waals surface area contributed by atoms with Crippen LogP contribution >= 0.6 is 15.9 Å². The maximum absolute atomic E-state index is 15.4. The molecule has 0 saturated carbocycles. The van der Waals surface area contributed by atoms with Crippen LogP contribution in [0.5, 0.6) is 0 Å². The smallest absolute Gasteiger partial charge is 0.313 e. The number of anilines is 1. The minimum atomic E-state index is -1.43. The van der Waals surface area contributed by atoms with Crippen LogP contribution in [0, 0.1) is 11.8 Å². The van der Waals surface area contributed by atoms with Crippen molar-refractivity contribution in [3.05, 3.63) is 140 Å². The predicted octanol–water partition coefficient (Wildman–Crippen LogP) is 6.47. The van der Waals surface area contributed by atoms with Crippen molar-refractivity contribution >= 4 is 56.1 Å². The van der Waals surface area contributed by atoms with E-state index in [4.69, 9.17) is 9.47 Å². The summed E-state index contributed by atoms with van der Waals surface area (Å²) in [6, 6.07) is 29.6. The Balaban J connectivity index is 1.28. The lowest BCUT2D eigenvalue weighted by Crippen LogP contribution is -2.59. The number of halogens is 1. The van der Waals surface area contributed by atoms with Gasteiger partial charge in [-0.1, -0.05) is 119 Å². The largest absolute Gasteiger partial charge is 0.455 e. The van der Waals surface area contributed by atoms with Gasteiger partial charge in [-0.3, -0.25) is 19.2 Å². The molecule has 0 aromatic heterocycles. The molecule has 1 spiro atoms. The number of aliphatic hydroxyl groups excluding tert-OH is 1. The molecule has 4 aromatic carbocycles. The quantitative estimate of drug-likeness (QED) is 0.0754. The van der Waals surface area contributed by atoms with Crippen molar-refractivity contribution in [2.75, 3.05) is 18.1 Å². The van der Waals surface area contributed by atoms with Crippen LogP contribution in [0.15, 0.2) is 128 Å². The van der Waals surface area contributed by atoms with E-state index >= 15 is 9.59 Å². The minimum absolute atomic E-state index is 0.140. The molecule has 2 N–H and O–H groups in total. The summed E-state index contributed by atoms with van der Waals surface area (Å²) in [5.74, 6) is -3.91. The average molecular weight is 835 g/mol. The van der Waals surface area contributed by atoms with Gasteiger partial charge in [-0.2, -0.15) is 0 Å². The summed E-state index contributed by atoms with van der Waals surface area (Å²) in [6.07, 6.45) is 2.89. The highest BCUT2D eigenvalue weighted by molar-refractivity contribution is 9.09. The van der Waals surface area contributed by atoms with Crippen LogP contribution in [0.1, 0.15) is 43.4 Å². The summed E-state index contributed by atoms with van der Waals surface area (Å²) < 4.78 is 13.2. The SMILES string of the molecule is C=CCCC(=O)N[C@H](C)[C@@H](OC(=O)[C@H]1[C@@H]2O[C@@]3(CC2Br)[C@@H]1C(=O)N([C@@H](CO)Cc1ccccc1)[C@@H]3C(=O)N(CC=C)c1ccc2ccccc2c1)c1ccccc1. The minimum Gasteiger partial charge on any atom is -0.455 e. The van der Waals surface area contributed by atoms with Crippen molar-refractivity contribution < 1.29 is 33.8 Å². The molecule has 2 bridgehead atoms. The van der Waals surface area contributed by atoms with Crippen molar-refractivity contribution in [1.29, 1.82) is 0 Å². The monoisotopic (exact) mass is 833 g/mol. The van der Waals surface area contributed by atoms with Gasteiger partial charge in [-0.05, 0) is 60.2 Å². The Morgan fingerprint density at radius 1 is 1.00 bits per heavy atom. The Bertz CT molecular complexity index is 2130. The third-order valence-corrected chi connectivity index (χ3v) is 12.4. The van der Waals surface area contributed by atoms with E-state index in [1.54, 1.807) is 24.0 Å². The molecule has 296 valence electrons. The molecule has 0 radical (unpaired) electrons. The van der Waals surface area contributed by atoms with Gasteiger partial charge in [0.1, 0.15) is 17.7 Å². The maximum Gasteiger partial charge on any atom is 0.313 e. The standard InChI is InChI=1S/C46H48BrN3O7/c1-4-6-21-37(52)48-29(3)40(32-18-11-8-12-19-32)56-45(55)38-39-43(53)50(35(28-51)25-30-15-9-7-10-16-30)42(46(39)27-36(47)41(38)57-46)44(54)49(24-5-2)34-23-22-31-17-13-14-20-33(31)26-34/h4-5,7-20,22-23,26,29,35-36,38-42,51H,1-2,6,21,24-25,27-28H2,3H3,(H,48,52)/t29-,35-,36?,38-,39+,40-,41-,42-,46+/m1/s1. The van der Waals surface area contributed by atoms with Crippen molar-refractivity contribution in [2.45, 2.75) is 73.4 Å². The zero-order valence-electron chi connectivity index (χ0n) is 31.9. The summed E-state index contributed by atoms with van der Waals surface area (Å²) in [5.41, 5.74) is 0.729. The number of nitrogens with zero attached hydrogens (tertiary/aromatic N) is 2. The van der Waals surface area contributed by atoms with Gasteiger partial charge in [0.25, 0.3) is 5.91 Å². The van der Waals surface area contributed by atoms with E-state index in [1.165, 1.54) is 4.90 Å². The molecule has 11 heteroatoms. The van der Waals surface area contributed by atoms with E-state index in [9.17, 15) is 14.7 Å². The van der Waals surface area contributed by atoms with Gasteiger partial charge in [0, 0.05) is 23.5 Å². The number of hydrogen-bond acceptors (Lipinski definition) is 7. The average Bonchev–Trinajstić information content (AvgIpc) is 3.83. The van der Waals surface area contributed by atoms with Gasteiger partial charge in [0.2, 0.25) is 11.8 Å². The fraction of sp³-hybridized carbons (Fsp3) is 0.348. The highest BCUT2D eigenvalue weighted by atomic mass is 79.9. The zero-order chi connectivity index (χ0) is 40.3. The van der Waals surface area contributed by atoms with Crippen LogP contribution in [-0.4, -0.2) is 81.5 Å². The number of ether oxygens (including phenoxy) is 2. The molecule has 10 nitrogen and oxygen atoms in total. The van der Waals surface area contributed by atoms with Gasteiger partial charge in [0.15, 0.2) is 0 Å². The molecule has 3 aliphatic heterocycles. The zero-order valence-corrected chi connectivity index (χ0v) is 33.5. The Hall–Kier alpha value is -5.10. The first-order valence-electron chi connectivity index (χ1n) is 19.5. The fourth-order valence-electron chi connectivity index (χ4n) is 9.03. The maximum atomic E-state index is 15.4. The molecule has 7 rings (SSSR count). The second-order valence-corrected chi connectivity index (χ2v) is 16.3. The number of allylic oxidation sites excluding steroid dienone is 1. The number of aliphatic hydroxyl groups is 1. The first-order valence-corrected chi connectivity index (χ1v) is 20.4. The number of carbonyl (C=O) groups is 4. The molecular formula is C46H48BrN3O7. The number of esters is 1. The van der Waals surface area contributed by atoms with Crippen molar-refractivity contribution in [2.24, 2.45) is 11.8 Å². The van der Waals surface area contributed by atoms with Crippen LogP contribution in [-0.2, 0) is 35.1 Å². The molecule has 9 atom stereocenters. The van der Waals surface area contributed by atoms with Crippen molar-refractivity contribution in [1.82, 2.24) is 10.2 Å². The number of nitrogens with one attached hydrogen (secondary N) is 1. The van der Waals surface area contributed by atoms with Crippen LogP contribution in [0.25, 0.3) is 10.8 Å². The second-order valence-electron chi connectivity index (χ2n) is 15.2. The van der Waals surface area contributed by atoms with Crippen LogP contribution in [0.3, 0.4) is 0 Å². The van der Waals surface area contributed by atoms with Crippen molar-refractivity contribution in [3.63, 3.8) is 0 Å². The summed E-state index contributed by atoms with van der Waals surface area (Å²) >= 11 is 3.78. The van der Waals surface area contributed by atoms with Gasteiger partial charge < -0.3 is 29.7 Å². The van der Waals surface area contributed by atoms with Crippen LogP contribution in [0.2, 0.25) is 0 Å². The number of amides is 3. The Morgan fingerprint density at radius 3 is 2.37 bits per heavy atom. The summed E-state index contributed by atoms with van der Waals surface area (Å²) in [6.45, 7) is 9.14. The van der Waals surface area contributed by atoms with Gasteiger partial charge >= 0.3 is 5.97 Å². The van der Waals surface area contributed by atoms with Crippen LogP contribution in [0.4, 0.5) is 5.69 Å². The first-order chi connectivity index (χ1) is 27.6. The van der Waals surface area contributed by atoms with E-state index < -0.39 is 77.0 Å². The normalized spacial score (nSPS) is 25.0. The number of rotatable bonds is 16. The molecule has 0 aliphatic carbocycles. The summed E-state index contributed by atoms with van der Waals surface area (Å²) in [4.78, 5) is 60.8. The second kappa shape index (κ2) is 17.2. The fourth-order valence-corrected chi connectivity index (χ4v) is 9.97. The summed E-state index contributed by atoms with van der Waals surface area (Å²) in [5, 5.41) is 15.9. The number of hydrogen-bond donors (Lipinski definition) is 2. The number of fused-ring (bicyclic) bond motifs is 2. The highest BCUT2D eigenvalue weighted by Crippen LogP contribution is 2.61. The van der Waals surface area contributed by atoms with Crippen molar-refractivity contribution in [3.8, 4) is 0 Å². The molecule has 3 fully saturated rings. The number of benzene rings is 4. The third kappa shape index (κ3) is 7.68. The Kier molecular flexibility index (Phi) is 12.1. The highest BCUT2D eigenvalue weighted by Gasteiger charge is 2.77. The van der Waals surface area contributed by atoms with E-state index in [-0.39, 0.29) is 31.7 Å². The predicted molar refractivity (Wildman–Crippen MR) is 222 cm³/mol. The lowest BCUT2D eigenvalue weighted by molar-refractivity contribution is -0.162. The first kappa shape index (κ1) is 40.1. The molecule has 3 heterocycles. The third-order valence-electron chi connectivity index (χ3n) is 11.6. The van der Waals surface area contributed by atoms with Gasteiger partial charge in [-0.25, -0.2) is 0 Å². The molecule has 1 unspecified atom stereocenters. The van der Waals surface area contributed by atoms with E-state index in [1.807, 2.05) is 103 Å². The van der Waals surface area contributed by atoms with E-state index in [0.29, 0.717) is 17.7 Å². The molecule has 4 aromatic rings. The molecule has 3 aliphatic rings. The number of alkyl halides is 1. The Morgan fingerprint density at radius 2 is 1.68 bits per heavy atom. The topological polar surface area (TPSA) is 125 Å². The Labute approximate surface area is 341 Å². The summed E-state index contributed by atoms with van der Waals surface area (Å²) in [7, 11) is 0. The molecule has 3 saturated heterocycles. The molecular weight excluding hydrogens is 786 g/mol. The lowest BCUT2D eigenvalue weighted by Gasteiger charge is -2.39. The molecule has 57 heavy (non-hydrogen) atoms. The molecule has 3 amide bonds. The van der Waals surface area contributed by atoms with Gasteiger partial charge in [-0.15, -0.1) is 13.2 Å². The number of carbonyl (C=O) groups excluding carboxylic acids is 4. The lowest BCUT2D eigenvalue weighted by atomic mass is 9.70. The van der Waals surface area contributed by atoms with E-state index in [2.05, 4.69) is 34.4 Å².